The molecule has 2 unspecified atom stereocenters. The van der Waals surface area contributed by atoms with E-state index in [-0.39, 0.29) is 40.5 Å². The molecule has 3 aromatic rings. The Kier molecular flexibility index (Phi) is 8.08. The maximum Gasteiger partial charge on any atom is 0.410 e. The molecule has 2 atom stereocenters. The van der Waals surface area contributed by atoms with E-state index in [1.165, 1.54) is 17.0 Å². The summed E-state index contributed by atoms with van der Waals surface area (Å²) in [7, 11) is 0. The minimum Gasteiger partial charge on any atom is -0.444 e. The molecule has 4 rings (SSSR count). The Bertz CT molecular complexity index is 1460. The molecule has 1 aliphatic rings. The zero-order chi connectivity index (χ0) is 29.7. The monoisotopic (exact) mass is 573 g/mol. The van der Waals surface area contributed by atoms with Crippen LogP contribution in [-0.2, 0) is 4.74 Å². The largest absolute Gasteiger partial charge is 0.444 e. The Morgan fingerprint density at radius 2 is 1.60 bits per heavy atom. The van der Waals surface area contributed by atoms with Gasteiger partial charge in [0, 0.05) is 13.1 Å². The summed E-state index contributed by atoms with van der Waals surface area (Å²) in [6.07, 6.45) is 1.07. The second-order valence-electron chi connectivity index (χ2n) is 12.0. The Hall–Kier alpha value is -3.34. The molecule has 4 heterocycles. The second kappa shape index (κ2) is 10.9. The Balaban J connectivity index is 1.90. The van der Waals surface area contributed by atoms with Crippen molar-refractivity contribution in [3.8, 4) is 5.69 Å². The second-order valence-corrected chi connectivity index (χ2v) is 12.3. The molecule has 1 saturated heterocycles. The molecule has 10 nitrogen and oxygen atoms in total. The van der Waals surface area contributed by atoms with Crippen molar-refractivity contribution in [3.05, 3.63) is 45.2 Å². The van der Waals surface area contributed by atoms with Gasteiger partial charge in [-0.2, -0.15) is 4.98 Å². The summed E-state index contributed by atoms with van der Waals surface area (Å²) in [6.45, 7) is 17.8. The van der Waals surface area contributed by atoms with Gasteiger partial charge in [-0.3, -0.25) is 4.90 Å². The molecule has 0 saturated carbocycles. The van der Waals surface area contributed by atoms with Crippen LogP contribution >= 0.6 is 11.6 Å². The van der Waals surface area contributed by atoms with Crippen LogP contribution in [0, 0.1) is 5.82 Å². The maximum atomic E-state index is 14.9. The highest BCUT2D eigenvalue weighted by molar-refractivity contribution is 6.30. The van der Waals surface area contributed by atoms with Crippen LogP contribution in [0.2, 0.25) is 5.15 Å². The normalized spacial score (nSPS) is 18.2. The lowest BCUT2D eigenvalue weighted by Crippen LogP contribution is -2.59. The van der Waals surface area contributed by atoms with Gasteiger partial charge in [0.25, 0.3) is 0 Å². The lowest BCUT2D eigenvalue weighted by atomic mass is 10.0. The zero-order valence-electron chi connectivity index (χ0n) is 24.5. The summed E-state index contributed by atoms with van der Waals surface area (Å²) in [5.41, 5.74) is 0.692. The first-order valence-corrected chi connectivity index (χ1v) is 13.9. The molecule has 0 aliphatic carbocycles. The average molecular weight is 574 g/mol. The number of pyridine rings is 1. The number of hydrogen-bond acceptors (Lipinski definition) is 8. The third-order valence-electron chi connectivity index (χ3n) is 6.78. The van der Waals surface area contributed by atoms with E-state index in [0.29, 0.717) is 35.6 Å². The summed E-state index contributed by atoms with van der Waals surface area (Å²) in [5.74, 6) is -0.546. The van der Waals surface area contributed by atoms with Crippen molar-refractivity contribution in [2.45, 2.75) is 91.8 Å². The van der Waals surface area contributed by atoms with Crippen LogP contribution in [0.1, 0.15) is 85.5 Å². The minimum absolute atomic E-state index is 0.0457. The van der Waals surface area contributed by atoms with Crippen LogP contribution in [-0.4, -0.2) is 66.3 Å². The van der Waals surface area contributed by atoms with Crippen molar-refractivity contribution in [3.63, 3.8) is 0 Å². The average Bonchev–Trinajstić information content (AvgIpc) is 2.82. The number of aromatic nitrogens is 5. The van der Waals surface area contributed by atoms with Crippen molar-refractivity contribution < 1.29 is 13.9 Å². The number of amides is 1. The summed E-state index contributed by atoms with van der Waals surface area (Å²) >= 11 is 6.17. The first kappa shape index (κ1) is 29.6. The van der Waals surface area contributed by atoms with Crippen molar-refractivity contribution in [2.24, 2.45) is 0 Å². The molecule has 0 spiro atoms. The molecule has 0 bridgehead atoms. The van der Waals surface area contributed by atoms with Gasteiger partial charge in [0.2, 0.25) is 0 Å². The van der Waals surface area contributed by atoms with Crippen LogP contribution < -0.4 is 10.6 Å². The fraction of sp³-hybridized carbons (Fsp3) is 0.571. The van der Waals surface area contributed by atoms with E-state index in [2.05, 4.69) is 19.9 Å². The number of carbonyl (C=O) groups excluding carboxylic acids is 1. The van der Waals surface area contributed by atoms with E-state index in [0.717, 1.165) is 0 Å². The number of rotatable bonds is 4. The SMILES string of the molecule is CC(C)c1ncnc(C(C)C)c1-n1c(=O)nc(N2CC(C)N(C(=O)OC(C)(C)C)C(C)C2)c2cc(F)c(Cl)nc21. The van der Waals surface area contributed by atoms with Crippen molar-refractivity contribution in [2.75, 3.05) is 18.0 Å². The molecular formula is C28H37ClFN7O3. The highest BCUT2D eigenvalue weighted by Gasteiger charge is 2.37. The Morgan fingerprint density at radius 1 is 1.05 bits per heavy atom. The van der Waals surface area contributed by atoms with E-state index in [4.69, 9.17) is 16.3 Å². The number of hydrogen-bond donors (Lipinski definition) is 0. The van der Waals surface area contributed by atoms with Crippen LogP contribution in [0.3, 0.4) is 0 Å². The van der Waals surface area contributed by atoms with E-state index in [1.54, 1.807) is 4.90 Å². The predicted molar refractivity (Wildman–Crippen MR) is 153 cm³/mol. The van der Waals surface area contributed by atoms with Gasteiger partial charge in [-0.15, -0.1) is 0 Å². The molecule has 0 aromatic carbocycles. The number of halogens is 2. The Labute approximate surface area is 238 Å². The Morgan fingerprint density at radius 3 is 2.10 bits per heavy atom. The molecule has 12 heteroatoms. The molecule has 3 aromatic heterocycles. The smallest absolute Gasteiger partial charge is 0.410 e. The highest BCUT2D eigenvalue weighted by Crippen LogP contribution is 2.33. The highest BCUT2D eigenvalue weighted by atomic mass is 35.5. The van der Waals surface area contributed by atoms with Gasteiger partial charge >= 0.3 is 11.8 Å². The van der Waals surface area contributed by atoms with E-state index < -0.39 is 23.2 Å². The van der Waals surface area contributed by atoms with Crippen LogP contribution in [0.4, 0.5) is 15.0 Å². The third kappa shape index (κ3) is 5.61. The molecule has 1 amide bonds. The van der Waals surface area contributed by atoms with Crippen LogP contribution in [0.25, 0.3) is 16.7 Å². The predicted octanol–water partition coefficient (Wildman–Crippen LogP) is 5.44. The molecule has 1 fully saturated rings. The van der Waals surface area contributed by atoms with Crippen molar-refractivity contribution in [1.29, 1.82) is 0 Å². The number of fused-ring (bicyclic) bond motifs is 1. The molecule has 1 aliphatic heterocycles. The number of ether oxygens (including phenoxy) is 1. The summed E-state index contributed by atoms with van der Waals surface area (Å²) in [4.78, 5) is 48.1. The number of anilines is 1. The van der Waals surface area contributed by atoms with E-state index >= 15 is 0 Å². The molecule has 0 radical (unpaired) electrons. The van der Waals surface area contributed by atoms with E-state index in [1.807, 2.05) is 67.2 Å². The maximum absolute atomic E-state index is 14.9. The van der Waals surface area contributed by atoms with Gasteiger partial charge in [0.1, 0.15) is 17.7 Å². The first-order chi connectivity index (χ1) is 18.6. The third-order valence-corrected chi connectivity index (χ3v) is 7.04. The molecule has 40 heavy (non-hydrogen) atoms. The molecular weight excluding hydrogens is 537 g/mol. The van der Waals surface area contributed by atoms with Gasteiger partial charge in [-0.25, -0.2) is 33.5 Å². The number of piperazine rings is 1. The number of nitrogens with zero attached hydrogens (tertiary/aromatic N) is 7. The summed E-state index contributed by atoms with van der Waals surface area (Å²) in [5, 5.41) is -0.0387. The quantitative estimate of drug-likeness (QED) is 0.380. The lowest BCUT2D eigenvalue weighted by molar-refractivity contribution is 0.00562. The standard InChI is InChI=1S/C28H37ClFN7O3/c1-14(2)20-22(21(15(3)4)32-13-31-20)37-25-18(10-19(30)23(29)33-25)24(34-26(37)38)35-11-16(5)36(17(6)12-35)27(39)40-28(7,8)9/h10,13-17H,11-12H2,1-9H3. The zero-order valence-corrected chi connectivity index (χ0v) is 25.2. The lowest BCUT2D eigenvalue weighted by Gasteiger charge is -2.45. The summed E-state index contributed by atoms with van der Waals surface area (Å²) in [6, 6.07) is 0.711. The van der Waals surface area contributed by atoms with E-state index in [9.17, 15) is 14.0 Å². The van der Waals surface area contributed by atoms with Gasteiger partial charge in [0.15, 0.2) is 16.6 Å². The summed E-state index contributed by atoms with van der Waals surface area (Å²) < 4.78 is 21.9. The fourth-order valence-corrected chi connectivity index (χ4v) is 5.31. The van der Waals surface area contributed by atoms with Crippen molar-refractivity contribution in [1.82, 2.24) is 29.4 Å². The van der Waals surface area contributed by atoms with Gasteiger partial charge in [-0.05, 0) is 52.5 Å². The molecule has 216 valence electrons. The first-order valence-electron chi connectivity index (χ1n) is 13.5. The fourth-order valence-electron chi connectivity index (χ4n) is 5.18. The van der Waals surface area contributed by atoms with Crippen LogP contribution in [0.15, 0.2) is 17.2 Å². The van der Waals surface area contributed by atoms with Gasteiger partial charge < -0.3 is 9.64 Å². The number of carbonyl (C=O) groups is 1. The van der Waals surface area contributed by atoms with Gasteiger partial charge in [0.05, 0.1) is 34.5 Å². The van der Waals surface area contributed by atoms with Gasteiger partial charge in [-0.1, -0.05) is 39.3 Å². The van der Waals surface area contributed by atoms with Crippen LogP contribution in [0.5, 0.6) is 0 Å². The topological polar surface area (TPSA) is 106 Å². The minimum atomic E-state index is -0.728. The molecule has 0 N–H and O–H groups in total. The van der Waals surface area contributed by atoms with Crippen molar-refractivity contribution >= 4 is 34.5 Å².